The number of imide groups is 1. The minimum absolute atomic E-state index is 0.154. The summed E-state index contributed by atoms with van der Waals surface area (Å²) in [5, 5.41) is 8.93. The number of hydrogen-bond donors (Lipinski definition) is 3. The van der Waals surface area contributed by atoms with E-state index in [-0.39, 0.29) is 24.1 Å². The zero-order valence-corrected chi connectivity index (χ0v) is 15.9. The summed E-state index contributed by atoms with van der Waals surface area (Å²) in [6.45, 7) is 2.83. The van der Waals surface area contributed by atoms with E-state index in [1.54, 1.807) is 11.1 Å². The third kappa shape index (κ3) is 3.17. The average Bonchev–Trinajstić information content (AvgIpc) is 3.24. The summed E-state index contributed by atoms with van der Waals surface area (Å²) in [5.74, 6) is -0.00619. The van der Waals surface area contributed by atoms with Gasteiger partial charge in [0.2, 0.25) is 17.8 Å². The molecule has 0 aliphatic carbocycles. The Morgan fingerprint density at radius 2 is 2.07 bits per heavy atom. The van der Waals surface area contributed by atoms with Crippen molar-refractivity contribution in [3.8, 4) is 0 Å². The molecule has 2 aromatic rings. The van der Waals surface area contributed by atoms with E-state index >= 15 is 0 Å². The highest BCUT2D eigenvalue weighted by Gasteiger charge is 2.39. The lowest BCUT2D eigenvalue weighted by Gasteiger charge is -2.29. The van der Waals surface area contributed by atoms with E-state index in [0.717, 1.165) is 30.2 Å². The Balaban J connectivity index is 1.29. The molecule has 29 heavy (non-hydrogen) atoms. The second-order valence-corrected chi connectivity index (χ2v) is 7.72. The van der Waals surface area contributed by atoms with Gasteiger partial charge in [-0.2, -0.15) is 0 Å². The van der Waals surface area contributed by atoms with Gasteiger partial charge in [-0.05, 0) is 23.6 Å². The molecule has 1 aromatic heterocycles. The van der Waals surface area contributed by atoms with Crippen molar-refractivity contribution < 1.29 is 14.4 Å². The summed E-state index contributed by atoms with van der Waals surface area (Å²) in [4.78, 5) is 42.4. The van der Waals surface area contributed by atoms with Crippen molar-refractivity contribution in [1.29, 1.82) is 0 Å². The number of carbonyl (C=O) groups is 3. The van der Waals surface area contributed by atoms with Crippen molar-refractivity contribution in [2.45, 2.75) is 38.0 Å². The van der Waals surface area contributed by atoms with E-state index in [4.69, 9.17) is 0 Å². The molecular formula is C20H22N6O3. The number of hydrogen-bond acceptors (Lipinski definition) is 6. The van der Waals surface area contributed by atoms with Crippen LogP contribution in [0.3, 0.4) is 0 Å². The summed E-state index contributed by atoms with van der Waals surface area (Å²) >= 11 is 0. The molecule has 4 heterocycles. The largest absolute Gasteiger partial charge is 0.352 e. The molecule has 9 heteroatoms. The highest BCUT2D eigenvalue weighted by molar-refractivity contribution is 6.05. The van der Waals surface area contributed by atoms with Gasteiger partial charge in [-0.1, -0.05) is 12.1 Å². The van der Waals surface area contributed by atoms with Crippen LogP contribution in [-0.4, -0.2) is 51.3 Å². The number of fused-ring (bicyclic) bond motifs is 1. The number of amides is 3. The topological polar surface area (TPSA) is 108 Å². The van der Waals surface area contributed by atoms with Crippen LogP contribution in [0.4, 0.5) is 5.95 Å². The molecule has 3 aliphatic rings. The van der Waals surface area contributed by atoms with Crippen LogP contribution in [0.1, 0.15) is 40.4 Å². The number of piperidine rings is 1. The first-order valence-electron chi connectivity index (χ1n) is 9.84. The second-order valence-electron chi connectivity index (χ2n) is 7.72. The fourth-order valence-corrected chi connectivity index (χ4v) is 4.11. The first-order valence-corrected chi connectivity index (χ1v) is 9.84. The molecule has 3 aliphatic heterocycles. The van der Waals surface area contributed by atoms with Gasteiger partial charge in [0.15, 0.2) is 0 Å². The van der Waals surface area contributed by atoms with Crippen molar-refractivity contribution in [3.05, 3.63) is 47.3 Å². The zero-order chi connectivity index (χ0) is 20.0. The molecule has 1 atom stereocenters. The summed E-state index contributed by atoms with van der Waals surface area (Å²) < 4.78 is 2.12. The van der Waals surface area contributed by atoms with Gasteiger partial charge >= 0.3 is 0 Å². The van der Waals surface area contributed by atoms with E-state index in [9.17, 15) is 14.4 Å². The fraction of sp³-hybridized carbons (Fsp3) is 0.400. The zero-order valence-electron chi connectivity index (χ0n) is 15.9. The van der Waals surface area contributed by atoms with Crippen molar-refractivity contribution >= 4 is 23.7 Å². The average molecular weight is 394 g/mol. The number of anilines is 1. The van der Waals surface area contributed by atoms with Gasteiger partial charge in [-0.25, -0.2) is 4.98 Å². The summed E-state index contributed by atoms with van der Waals surface area (Å²) in [7, 11) is 0. The Kier molecular flexibility index (Phi) is 4.31. The van der Waals surface area contributed by atoms with Crippen LogP contribution in [0.15, 0.2) is 30.6 Å². The molecule has 150 valence electrons. The van der Waals surface area contributed by atoms with E-state index in [1.807, 2.05) is 24.4 Å². The highest BCUT2D eigenvalue weighted by Crippen LogP contribution is 2.28. The maximum absolute atomic E-state index is 12.9. The van der Waals surface area contributed by atoms with Crippen LogP contribution in [0.5, 0.6) is 0 Å². The van der Waals surface area contributed by atoms with Crippen LogP contribution in [0.25, 0.3) is 0 Å². The number of rotatable bonds is 5. The fourth-order valence-electron chi connectivity index (χ4n) is 4.11. The summed E-state index contributed by atoms with van der Waals surface area (Å²) in [6, 6.07) is 5.65. The Morgan fingerprint density at radius 1 is 1.21 bits per heavy atom. The number of nitrogens with zero attached hydrogens (tertiary/aromatic N) is 3. The lowest BCUT2D eigenvalue weighted by molar-refractivity contribution is -0.136. The Hall–Kier alpha value is -3.20. The van der Waals surface area contributed by atoms with Crippen LogP contribution in [-0.2, 0) is 22.7 Å². The van der Waals surface area contributed by atoms with E-state index in [2.05, 4.69) is 25.5 Å². The first-order chi connectivity index (χ1) is 14.1. The van der Waals surface area contributed by atoms with E-state index in [1.165, 1.54) is 0 Å². The minimum Gasteiger partial charge on any atom is -0.352 e. The van der Waals surface area contributed by atoms with Gasteiger partial charge in [0, 0.05) is 50.6 Å². The van der Waals surface area contributed by atoms with Crippen LogP contribution in [0.2, 0.25) is 0 Å². The number of carbonyl (C=O) groups excluding carboxylic acids is 3. The van der Waals surface area contributed by atoms with Crippen LogP contribution < -0.4 is 16.0 Å². The molecule has 2 fully saturated rings. The summed E-state index contributed by atoms with van der Waals surface area (Å²) in [6.07, 6.45) is 4.38. The van der Waals surface area contributed by atoms with Gasteiger partial charge in [-0.3, -0.25) is 19.7 Å². The van der Waals surface area contributed by atoms with Gasteiger partial charge in [0.05, 0.1) is 6.04 Å². The Morgan fingerprint density at radius 3 is 2.83 bits per heavy atom. The smallest absolute Gasteiger partial charge is 0.255 e. The van der Waals surface area contributed by atoms with Gasteiger partial charge in [-0.15, -0.1) is 0 Å². The normalized spacial score (nSPS) is 21.7. The van der Waals surface area contributed by atoms with Crippen molar-refractivity contribution in [2.75, 3.05) is 18.4 Å². The van der Waals surface area contributed by atoms with E-state index in [0.29, 0.717) is 31.1 Å². The predicted molar refractivity (Wildman–Crippen MR) is 104 cm³/mol. The molecule has 9 nitrogen and oxygen atoms in total. The molecule has 2 saturated heterocycles. The predicted octanol–water partition coefficient (Wildman–Crippen LogP) is 0.401. The quantitative estimate of drug-likeness (QED) is 0.634. The lowest BCUT2D eigenvalue weighted by atomic mass is 10.0. The van der Waals surface area contributed by atoms with Crippen molar-refractivity contribution in [3.63, 3.8) is 0 Å². The third-order valence-electron chi connectivity index (χ3n) is 5.87. The number of aromatic nitrogens is 2. The Bertz CT molecular complexity index is 996. The number of nitrogens with one attached hydrogen (secondary N) is 3. The lowest BCUT2D eigenvalue weighted by Crippen LogP contribution is -2.52. The van der Waals surface area contributed by atoms with Gasteiger partial charge in [0.25, 0.3) is 5.91 Å². The maximum atomic E-state index is 12.9. The Labute approximate surface area is 167 Å². The van der Waals surface area contributed by atoms with Gasteiger partial charge in [0.1, 0.15) is 6.04 Å². The first kappa shape index (κ1) is 17.9. The number of benzene rings is 1. The molecule has 1 aromatic carbocycles. The third-order valence-corrected chi connectivity index (χ3v) is 5.87. The molecule has 3 amide bonds. The molecule has 0 saturated carbocycles. The van der Waals surface area contributed by atoms with Crippen molar-refractivity contribution in [1.82, 2.24) is 25.1 Å². The van der Waals surface area contributed by atoms with Gasteiger partial charge < -0.3 is 20.1 Å². The summed E-state index contributed by atoms with van der Waals surface area (Å²) in [5.41, 5.74) is 2.51. The molecular weight excluding hydrogens is 372 g/mol. The molecule has 0 spiro atoms. The monoisotopic (exact) mass is 394 g/mol. The highest BCUT2D eigenvalue weighted by atomic mass is 16.2. The standard InChI is InChI=1S/C20H22N6O3/c27-17-4-3-16(18(28)24-17)26-11-13-2-1-12(7-15(13)19(26)29)8-23-20-22-5-6-25(20)14-9-21-10-14/h1-2,5-7,14,16,21H,3-4,8-11H2,(H,22,23)(H,24,27,28). The molecule has 5 rings (SSSR count). The van der Waals surface area contributed by atoms with E-state index < -0.39 is 6.04 Å². The molecule has 0 radical (unpaired) electrons. The SMILES string of the molecule is O=C1CCC(N2Cc3ccc(CNc4nccn4C4CNC4)cc3C2=O)C(=O)N1. The molecule has 3 N–H and O–H groups in total. The molecule has 1 unspecified atom stereocenters. The molecule has 0 bridgehead atoms. The number of imidazole rings is 1. The maximum Gasteiger partial charge on any atom is 0.255 e. The van der Waals surface area contributed by atoms with Crippen LogP contribution in [0, 0.1) is 0 Å². The second kappa shape index (κ2) is 7.00. The van der Waals surface area contributed by atoms with Crippen LogP contribution >= 0.6 is 0 Å². The van der Waals surface area contributed by atoms with Crippen molar-refractivity contribution in [2.24, 2.45) is 0 Å². The minimum atomic E-state index is -0.585.